The molecule has 1 saturated carbocycles. The van der Waals surface area contributed by atoms with E-state index in [0.717, 1.165) is 43.6 Å². The first-order valence-electron chi connectivity index (χ1n) is 7.36. The van der Waals surface area contributed by atoms with Crippen molar-refractivity contribution in [2.75, 3.05) is 20.3 Å². The Balaban J connectivity index is 2.00. The third-order valence-corrected chi connectivity index (χ3v) is 3.58. The van der Waals surface area contributed by atoms with Crippen LogP contribution in [0.4, 0.5) is 0 Å². The normalized spacial score (nSPS) is 15.1. The summed E-state index contributed by atoms with van der Waals surface area (Å²) in [6.45, 7) is 4.54. The van der Waals surface area contributed by atoms with Crippen molar-refractivity contribution in [3.8, 4) is 11.5 Å². The SMILES string of the molecule is CCCOc1ccc(CNC)c(OCC2CCC2)c1. The van der Waals surface area contributed by atoms with E-state index in [2.05, 4.69) is 18.3 Å². The van der Waals surface area contributed by atoms with Crippen LogP contribution in [-0.4, -0.2) is 20.3 Å². The zero-order chi connectivity index (χ0) is 13.5. The van der Waals surface area contributed by atoms with Gasteiger partial charge < -0.3 is 14.8 Å². The lowest BCUT2D eigenvalue weighted by Crippen LogP contribution is -2.20. The fourth-order valence-corrected chi connectivity index (χ4v) is 2.18. The Morgan fingerprint density at radius 1 is 1.26 bits per heavy atom. The summed E-state index contributed by atoms with van der Waals surface area (Å²) >= 11 is 0. The summed E-state index contributed by atoms with van der Waals surface area (Å²) in [6, 6.07) is 6.15. The minimum Gasteiger partial charge on any atom is -0.493 e. The fraction of sp³-hybridized carbons (Fsp3) is 0.625. The summed E-state index contributed by atoms with van der Waals surface area (Å²) in [7, 11) is 1.96. The van der Waals surface area contributed by atoms with E-state index in [9.17, 15) is 0 Å². The summed E-state index contributed by atoms with van der Waals surface area (Å²) < 4.78 is 11.7. The van der Waals surface area contributed by atoms with Crippen LogP contribution in [0.25, 0.3) is 0 Å². The van der Waals surface area contributed by atoms with E-state index in [4.69, 9.17) is 9.47 Å². The molecule has 0 amide bonds. The van der Waals surface area contributed by atoms with Gasteiger partial charge in [0.1, 0.15) is 11.5 Å². The van der Waals surface area contributed by atoms with Crippen molar-refractivity contribution in [2.24, 2.45) is 5.92 Å². The monoisotopic (exact) mass is 263 g/mol. The predicted molar refractivity (Wildman–Crippen MR) is 77.8 cm³/mol. The average Bonchev–Trinajstić information content (AvgIpc) is 2.37. The Morgan fingerprint density at radius 3 is 2.74 bits per heavy atom. The molecule has 106 valence electrons. The lowest BCUT2D eigenvalue weighted by Gasteiger charge is -2.26. The van der Waals surface area contributed by atoms with Gasteiger partial charge in [0.15, 0.2) is 0 Å². The molecule has 1 aliphatic rings. The van der Waals surface area contributed by atoms with E-state index in [1.165, 1.54) is 24.8 Å². The molecule has 0 atom stereocenters. The first-order valence-corrected chi connectivity index (χ1v) is 7.36. The van der Waals surface area contributed by atoms with Gasteiger partial charge in [-0.05, 0) is 38.3 Å². The highest BCUT2D eigenvalue weighted by Crippen LogP contribution is 2.30. The molecule has 3 nitrogen and oxygen atoms in total. The third-order valence-electron chi connectivity index (χ3n) is 3.58. The summed E-state index contributed by atoms with van der Waals surface area (Å²) in [5, 5.41) is 3.18. The van der Waals surface area contributed by atoms with Crippen molar-refractivity contribution in [3.63, 3.8) is 0 Å². The van der Waals surface area contributed by atoms with Gasteiger partial charge in [0.2, 0.25) is 0 Å². The largest absolute Gasteiger partial charge is 0.493 e. The van der Waals surface area contributed by atoms with Crippen molar-refractivity contribution in [1.82, 2.24) is 5.32 Å². The minimum atomic E-state index is 0.752. The van der Waals surface area contributed by atoms with E-state index in [1.54, 1.807) is 0 Å². The van der Waals surface area contributed by atoms with E-state index >= 15 is 0 Å². The number of ether oxygens (including phenoxy) is 2. The van der Waals surface area contributed by atoms with Crippen LogP contribution in [-0.2, 0) is 6.54 Å². The topological polar surface area (TPSA) is 30.5 Å². The molecule has 0 heterocycles. The maximum atomic E-state index is 5.99. The molecule has 2 rings (SSSR count). The van der Waals surface area contributed by atoms with Gasteiger partial charge in [-0.2, -0.15) is 0 Å². The molecule has 0 bridgehead atoms. The molecular weight excluding hydrogens is 238 g/mol. The van der Waals surface area contributed by atoms with E-state index in [0.29, 0.717) is 0 Å². The Hall–Kier alpha value is -1.22. The minimum absolute atomic E-state index is 0.752. The van der Waals surface area contributed by atoms with Gasteiger partial charge in [-0.15, -0.1) is 0 Å². The van der Waals surface area contributed by atoms with Gasteiger partial charge in [0, 0.05) is 18.2 Å². The van der Waals surface area contributed by atoms with E-state index in [1.807, 2.05) is 19.2 Å². The smallest absolute Gasteiger partial charge is 0.127 e. The molecule has 0 spiro atoms. The number of nitrogens with one attached hydrogen (secondary N) is 1. The van der Waals surface area contributed by atoms with Gasteiger partial charge in [0.25, 0.3) is 0 Å². The van der Waals surface area contributed by atoms with Crippen LogP contribution < -0.4 is 14.8 Å². The summed E-state index contributed by atoms with van der Waals surface area (Å²) in [5.41, 5.74) is 1.20. The lowest BCUT2D eigenvalue weighted by molar-refractivity contribution is 0.178. The van der Waals surface area contributed by atoms with Crippen LogP contribution in [0.5, 0.6) is 11.5 Å². The fourth-order valence-electron chi connectivity index (χ4n) is 2.18. The highest BCUT2D eigenvalue weighted by atomic mass is 16.5. The van der Waals surface area contributed by atoms with Crippen molar-refractivity contribution < 1.29 is 9.47 Å². The van der Waals surface area contributed by atoms with E-state index in [-0.39, 0.29) is 0 Å². The molecular formula is C16H25NO2. The van der Waals surface area contributed by atoms with Gasteiger partial charge in [-0.25, -0.2) is 0 Å². The molecule has 0 radical (unpaired) electrons. The quantitative estimate of drug-likeness (QED) is 0.780. The molecule has 1 fully saturated rings. The number of hydrogen-bond donors (Lipinski definition) is 1. The van der Waals surface area contributed by atoms with Gasteiger partial charge in [-0.1, -0.05) is 19.4 Å². The summed E-state index contributed by atoms with van der Waals surface area (Å²) in [6.07, 6.45) is 5.01. The predicted octanol–water partition coefficient (Wildman–Crippen LogP) is 3.37. The Bertz CT molecular complexity index is 388. The second kappa shape index (κ2) is 7.39. The van der Waals surface area contributed by atoms with Gasteiger partial charge in [0.05, 0.1) is 13.2 Å². The molecule has 0 unspecified atom stereocenters. The molecule has 19 heavy (non-hydrogen) atoms. The molecule has 0 aliphatic heterocycles. The first kappa shape index (κ1) is 14.2. The van der Waals surface area contributed by atoms with Crippen molar-refractivity contribution in [1.29, 1.82) is 0 Å². The Labute approximate surface area is 116 Å². The highest BCUT2D eigenvalue weighted by Gasteiger charge is 2.18. The maximum Gasteiger partial charge on any atom is 0.127 e. The van der Waals surface area contributed by atoms with Crippen molar-refractivity contribution in [3.05, 3.63) is 23.8 Å². The molecule has 3 heteroatoms. The van der Waals surface area contributed by atoms with Crippen LogP contribution in [0.15, 0.2) is 18.2 Å². The first-order chi connectivity index (χ1) is 9.33. The Morgan fingerprint density at radius 2 is 2.11 bits per heavy atom. The number of benzene rings is 1. The maximum absolute atomic E-state index is 5.99. The third kappa shape index (κ3) is 4.13. The number of rotatable bonds is 8. The second-order valence-electron chi connectivity index (χ2n) is 5.26. The zero-order valence-electron chi connectivity index (χ0n) is 12.1. The second-order valence-corrected chi connectivity index (χ2v) is 5.26. The van der Waals surface area contributed by atoms with Gasteiger partial charge in [-0.3, -0.25) is 0 Å². The molecule has 1 aromatic carbocycles. The van der Waals surface area contributed by atoms with E-state index < -0.39 is 0 Å². The average molecular weight is 263 g/mol. The molecule has 0 saturated heterocycles. The van der Waals surface area contributed by atoms with Gasteiger partial charge >= 0.3 is 0 Å². The molecule has 1 N–H and O–H groups in total. The highest BCUT2D eigenvalue weighted by molar-refractivity contribution is 5.40. The number of hydrogen-bond acceptors (Lipinski definition) is 3. The van der Waals surface area contributed by atoms with Crippen LogP contribution in [0, 0.1) is 5.92 Å². The summed E-state index contributed by atoms with van der Waals surface area (Å²) in [4.78, 5) is 0. The standard InChI is InChI=1S/C16H25NO2/c1-3-9-18-15-8-7-14(11-17-2)16(10-15)19-12-13-5-4-6-13/h7-8,10,13,17H,3-6,9,11-12H2,1-2H3. The summed E-state index contributed by atoms with van der Waals surface area (Å²) in [5.74, 6) is 2.63. The molecule has 0 aromatic heterocycles. The molecule has 1 aromatic rings. The van der Waals surface area contributed by atoms with Crippen LogP contribution in [0.1, 0.15) is 38.2 Å². The van der Waals surface area contributed by atoms with Crippen LogP contribution in [0.2, 0.25) is 0 Å². The lowest BCUT2D eigenvalue weighted by atomic mass is 9.86. The zero-order valence-corrected chi connectivity index (χ0v) is 12.1. The van der Waals surface area contributed by atoms with Crippen molar-refractivity contribution >= 4 is 0 Å². The molecule has 1 aliphatic carbocycles. The van der Waals surface area contributed by atoms with Crippen LogP contribution in [0.3, 0.4) is 0 Å². The van der Waals surface area contributed by atoms with Crippen LogP contribution >= 0.6 is 0 Å². The van der Waals surface area contributed by atoms with Crippen molar-refractivity contribution in [2.45, 2.75) is 39.2 Å². The Kier molecular flexibility index (Phi) is 5.52.